The van der Waals surface area contributed by atoms with E-state index in [9.17, 15) is 18.0 Å². The number of rotatable bonds is 9. The minimum absolute atomic E-state index is 0.0258. The van der Waals surface area contributed by atoms with Gasteiger partial charge in [0.2, 0.25) is 21.8 Å². The molecule has 0 saturated heterocycles. The molecule has 1 aliphatic rings. The van der Waals surface area contributed by atoms with Crippen LogP contribution in [0.2, 0.25) is 20.1 Å². The highest BCUT2D eigenvalue weighted by molar-refractivity contribution is 7.92. The van der Waals surface area contributed by atoms with Crippen LogP contribution < -0.4 is 9.62 Å². The molecule has 1 aliphatic carbocycles. The van der Waals surface area contributed by atoms with Gasteiger partial charge < -0.3 is 10.2 Å². The summed E-state index contributed by atoms with van der Waals surface area (Å²) in [5.74, 6) is -0.923. The van der Waals surface area contributed by atoms with Crippen molar-refractivity contribution in [1.29, 1.82) is 0 Å². The molecular formula is C24H27Cl4N3O4S. The van der Waals surface area contributed by atoms with Crippen molar-refractivity contribution in [3.05, 3.63) is 62.1 Å². The summed E-state index contributed by atoms with van der Waals surface area (Å²) in [6, 6.07) is 8.26. The van der Waals surface area contributed by atoms with Gasteiger partial charge in [0.25, 0.3) is 0 Å². The van der Waals surface area contributed by atoms with E-state index in [2.05, 4.69) is 5.32 Å². The van der Waals surface area contributed by atoms with Crippen molar-refractivity contribution in [3.63, 3.8) is 0 Å². The van der Waals surface area contributed by atoms with Gasteiger partial charge in [-0.2, -0.15) is 0 Å². The molecule has 12 heteroatoms. The molecule has 0 radical (unpaired) electrons. The predicted molar refractivity (Wildman–Crippen MR) is 146 cm³/mol. The summed E-state index contributed by atoms with van der Waals surface area (Å²) in [5, 5.41) is 4.18. The first-order valence-electron chi connectivity index (χ1n) is 11.3. The average Bonchev–Trinajstić information content (AvgIpc) is 3.28. The summed E-state index contributed by atoms with van der Waals surface area (Å²) >= 11 is 24.5. The molecule has 36 heavy (non-hydrogen) atoms. The van der Waals surface area contributed by atoms with E-state index in [-0.39, 0.29) is 34.2 Å². The van der Waals surface area contributed by atoms with Gasteiger partial charge in [0, 0.05) is 32.7 Å². The Kier molecular flexibility index (Phi) is 9.80. The van der Waals surface area contributed by atoms with Gasteiger partial charge in [-0.3, -0.25) is 13.9 Å². The Morgan fingerprint density at radius 3 is 2.17 bits per heavy atom. The summed E-state index contributed by atoms with van der Waals surface area (Å²) in [4.78, 5) is 28.0. The van der Waals surface area contributed by atoms with Crippen molar-refractivity contribution < 1.29 is 18.0 Å². The van der Waals surface area contributed by atoms with Gasteiger partial charge in [-0.1, -0.05) is 65.3 Å². The Balaban J connectivity index is 1.93. The Labute approximate surface area is 231 Å². The molecule has 7 nitrogen and oxygen atoms in total. The first kappa shape index (κ1) is 28.9. The zero-order chi connectivity index (χ0) is 26.6. The lowest BCUT2D eigenvalue weighted by atomic mass is 10.1. The lowest BCUT2D eigenvalue weighted by Crippen LogP contribution is -2.52. The van der Waals surface area contributed by atoms with Crippen LogP contribution in [0.1, 0.15) is 38.2 Å². The maximum absolute atomic E-state index is 13.6. The van der Waals surface area contributed by atoms with Crippen LogP contribution in [0.15, 0.2) is 36.4 Å². The van der Waals surface area contributed by atoms with E-state index in [1.807, 2.05) is 0 Å². The predicted octanol–water partition coefficient (Wildman–Crippen LogP) is 5.54. The lowest BCUT2D eigenvalue weighted by molar-refractivity contribution is -0.139. The molecule has 1 fully saturated rings. The van der Waals surface area contributed by atoms with Crippen LogP contribution in [0, 0.1) is 0 Å². The summed E-state index contributed by atoms with van der Waals surface area (Å²) in [5.41, 5.74) is 0.697. The SMILES string of the molecule is C[C@H](C(=O)NC1CCCC1)N(Cc1ccc(Cl)cc1Cl)C(=O)CN(c1cc(Cl)cc(Cl)c1)S(C)(=O)=O. The number of amides is 2. The molecule has 1 N–H and O–H groups in total. The van der Waals surface area contributed by atoms with Crippen LogP contribution in [0.4, 0.5) is 5.69 Å². The van der Waals surface area contributed by atoms with Crippen LogP contribution >= 0.6 is 46.4 Å². The topological polar surface area (TPSA) is 86.8 Å². The van der Waals surface area contributed by atoms with E-state index < -0.39 is 28.5 Å². The number of nitrogens with one attached hydrogen (secondary N) is 1. The van der Waals surface area contributed by atoms with Crippen molar-refractivity contribution in [2.45, 2.75) is 51.2 Å². The number of anilines is 1. The van der Waals surface area contributed by atoms with E-state index in [0.29, 0.717) is 15.6 Å². The first-order valence-corrected chi connectivity index (χ1v) is 14.7. The Hall–Kier alpha value is -1.71. The summed E-state index contributed by atoms with van der Waals surface area (Å²) < 4.78 is 26.2. The van der Waals surface area contributed by atoms with E-state index in [1.165, 1.54) is 23.1 Å². The van der Waals surface area contributed by atoms with Crippen molar-refractivity contribution in [2.75, 3.05) is 17.1 Å². The van der Waals surface area contributed by atoms with Crippen LogP contribution in [0.25, 0.3) is 0 Å². The molecule has 2 amide bonds. The summed E-state index contributed by atoms with van der Waals surface area (Å²) in [7, 11) is -3.91. The van der Waals surface area contributed by atoms with Gasteiger partial charge in [-0.15, -0.1) is 0 Å². The number of hydrogen-bond acceptors (Lipinski definition) is 4. The average molecular weight is 595 g/mol. The molecule has 2 aromatic rings. The van der Waals surface area contributed by atoms with E-state index in [0.717, 1.165) is 36.2 Å². The lowest BCUT2D eigenvalue weighted by Gasteiger charge is -2.32. The molecule has 1 saturated carbocycles. The molecule has 0 spiro atoms. The fraction of sp³-hybridized carbons (Fsp3) is 0.417. The van der Waals surface area contributed by atoms with Gasteiger partial charge in [0.1, 0.15) is 12.6 Å². The van der Waals surface area contributed by atoms with Crippen LogP contribution in [-0.4, -0.2) is 50.0 Å². The van der Waals surface area contributed by atoms with E-state index in [4.69, 9.17) is 46.4 Å². The Morgan fingerprint density at radius 1 is 1.00 bits per heavy atom. The number of hydrogen-bond donors (Lipinski definition) is 1. The van der Waals surface area contributed by atoms with Crippen LogP contribution in [-0.2, 0) is 26.2 Å². The molecule has 3 rings (SSSR count). The smallest absolute Gasteiger partial charge is 0.244 e. The minimum atomic E-state index is -3.91. The Bertz CT molecular complexity index is 1220. The second-order valence-electron chi connectivity index (χ2n) is 8.82. The quantitative estimate of drug-likeness (QED) is 0.413. The largest absolute Gasteiger partial charge is 0.352 e. The fourth-order valence-electron chi connectivity index (χ4n) is 4.10. The normalized spacial score (nSPS) is 14.9. The number of carbonyl (C=O) groups excluding carboxylic acids is 2. The van der Waals surface area contributed by atoms with E-state index >= 15 is 0 Å². The minimum Gasteiger partial charge on any atom is -0.352 e. The number of carbonyl (C=O) groups is 2. The highest BCUT2D eigenvalue weighted by Crippen LogP contribution is 2.28. The molecule has 0 bridgehead atoms. The third-order valence-corrected chi connectivity index (χ3v) is 8.20. The van der Waals surface area contributed by atoms with Crippen molar-refractivity contribution >= 4 is 73.9 Å². The molecule has 0 aliphatic heterocycles. The van der Waals surface area contributed by atoms with Crippen LogP contribution in [0.3, 0.4) is 0 Å². The molecule has 2 aromatic carbocycles. The monoisotopic (exact) mass is 593 g/mol. The first-order chi connectivity index (χ1) is 16.8. The van der Waals surface area contributed by atoms with Gasteiger partial charge in [-0.25, -0.2) is 8.42 Å². The van der Waals surface area contributed by atoms with Gasteiger partial charge in [0.05, 0.1) is 11.9 Å². The number of halogens is 4. The van der Waals surface area contributed by atoms with Crippen molar-refractivity contribution in [1.82, 2.24) is 10.2 Å². The summed E-state index contributed by atoms with van der Waals surface area (Å²) in [6.45, 7) is 1.01. The molecule has 1 atom stereocenters. The van der Waals surface area contributed by atoms with Gasteiger partial charge in [-0.05, 0) is 55.7 Å². The zero-order valence-electron chi connectivity index (χ0n) is 19.8. The third kappa shape index (κ3) is 7.65. The Morgan fingerprint density at radius 2 is 1.61 bits per heavy atom. The number of sulfonamides is 1. The zero-order valence-corrected chi connectivity index (χ0v) is 23.6. The number of nitrogens with zero attached hydrogens (tertiary/aromatic N) is 2. The fourth-order valence-corrected chi connectivity index (χ4v) is 5.92. The maximum atomic E-state index is 13.6. The molecule has 0 aromatic heterocycles. The third-order valence-electron chi connectivity index (χ3n) is 6.04. The van der Waals surface area contributed by atoms with Crippen molar-refractivity contribution in [3.8, 4) is 0 Å². The second-order valence-corrected chi connectivity index (χ2v) is 12.4. The van der Waals surface area contributed by atoms with Crippen LogP contribution in [0.5, 0.6) is 0 Å². The van der Waals surface area contributed by atoms with Gasteiger partial charge in [0.15, 0.2) is 0 Å². The van der Waals surface area contributed by atoms with Crippen molar-refractivity contribution in [2.24, 2.45) is 0 Å². The molecule has 196 valence electrons. The standard InChI is InChI=1S/C24H27Cl4N3O4S/c1-15(24(33)29-20-5-3-4-6-20)30(13-16-7-8-17(25)12-22(16)28)23(32)14-31(36(2,34)35)21-10-18(26)9-19(27)11-21/h7-12,15,20H,3-6,13-14H2,1-2H3,(H,29,33)/t15-/m1/s1. The molecule has 0 heterocycles. The second kappa shape index (κ2) is 12.2. The summed E-state index contributed by atoms with van der Waals surface area (Å²) in [6.07, 6.45) is 4.81. The van der Waals surface area contributed by atoms with Gasteiger partial charge >= 0.3 is 0 Å². The molecule has 0 unspecified atom stereocenters. The van der Waals surface area contributed by atoms with E-state index in [1.54, 1.807) is 25.1 Å². The highest BCUT2D eigenvalue weighted by atomic mass is 35.5. The highest BCUT2D eigenvalue weighted by Gasteiger charge is 2.32. The number of benzene rings is 2. The maximum Gasteiger partial charge on any atom is 0.244 e. The molecular weight excluding hydrogens is 568 g/mol.